The second kappa shape index (κ2) is 7.95. The third-order valence-corrected chi connectivity index (χ3v) is 0.781. The van der Waals surface area contributed by atoms with Gasteiger partial charge in [0.15, 0.2) is 0 Å². The Bertz CT molecular complexity index is 230. The van der Waals surface area contributed by atoms with Crippen molar-refractivity contribution >= 4 is 12.0 Å². The summed E-state index contributed by atoms with van der Waals surface area (Å²) in [5.74, 6) is 9.25. The Hall–Kier alpha value is -1.05. The van der Waals surface area contributed by atoms with Crippen molar-refractivity contribution < 1.29 is 9.22 Å². The van der Waals surface area contributed by atoms with Gasteiger partial charge in [-0.15, -0.1) is 10.8 Å². The van der Waals surface area contributed by atoms with Crippen molar-refractivity contribution in [1.82, 2.24) is 0 Å². The van der Waals surface area contributed by atoms with E-state index in [1.54, 1.807) is 0 Å². The third-order valence-electron chi connectivity index (χ3n) is 0.392. The van der Waals surface area contributed by atoms with Crippen LogP contribution in [0, 0.1) is 35.4 Å². The predicted molar refractivity (Wildman–Crippen MR) is 40.1 cm³/mol. The van der Waals surface area contributed by atoms with Gasteiger partial charge in [0.05, 0.1) is 7.11 Å². The van der Waals surface area contributed by atoms with Gasteiger partial charge >= 0.3 is 0 Å². The van der Waals surface area contributed by atoms with Crippen LogP contribution in [-0.2, 0) is 9.22 Å². The Morgan fingerprint density at radius 3 is 2.70 bits per heavy atom. The van der Waals surface area contributed by atoms with E-state index in [0.717, 1.165) is 12.0 Å². The molecule has 0 aromatic rings. The fourth-order valence-corrected chi connectivity index (χ4v) is 0.359. The van der Waals surface area contributed by atoms with Crippen molar-refractivity contribution in [3.63, 3.8) is 0 Å². The average Bonchev–Trinajstić information content (AvgIpc) is 1.97. The van der Waals surface area contributed by atoms with Crippen molar-refractivity contribution in [3.8, 4) is 35.4 Å². The lowest BCUT2D eigenvalue weighted by Gasteiger charge is -1.83. The molecule has 0 radical (unpaired) electrons. The maximum Gasteiger partial charge on any atom is 0.122 e. The minimum atomic E-state index is 0.849. The molecule has 0 atom stereocenters. The van der Waals surface area contributed by atoms with Gasteiger partial charge in [0.1, 0.15) is 12.0 Å². The first-order valence-corrected chi connectivity index (χ1v) is 2.98. The Morgan fingerprint density at radius 1 is 1.30 bits per heavy atom. The Labute approximate surface area is 64.4 Å². The van der Waals surface area contributed by atoms with E-state index in [9.17, 15) is 0 Å². The minimum Gasteiger partial charge on any atom is -0.227 e. The van der Waals surface area contributed by atoms with Crippen LogP contribution < -0.4 is 0 Å². The summed E-state index contributed by atoms with van der Waals surface area (Å²) in [5.41, 5.74) is 0. The van der Waals surface area contributed by atoms with Crippen LogP contribution in [0.15, 0.2) is 0 Å². The quantitative estimate of drug-likeness (QED) is 0.192. The molecule has 0 aromatic heterocycles. The maximum atomic E-state index is 4.82. The van der Waals surface area contributed by atoms with E-state index in [-0.39, 0.29) is 0 Å². The van der Waals surface area contributed by atoms with Crippen molar-refractivity contribution in [1.29, 1.82) is 0 Å². The first-order valence-electron chi connectivity index (χ1n) is 2.23. The molecule has 0 aliphatic carbocycles. The zero-order chi connectivity index (χ0) is 7.66. The summed E-state index contributed by atoms with van der Waals surface area (Å²) in [7, 11) is 1.39. The van der Waals surface area contributed by atoms with Gasteiger partial charge in [-0.25, -0.2) is 4.89 Å². The second-order valence-electron chi connectivity index (χ2n) is 0.939. The molecule has 0 aliphatic heterocycles. The standard InChI is InChI=1S/C7H4O2S/c1-3-4-5-6-7-10-9-8-2/h1H,2H3. The lowest BCUT2D eigenvalue weighted by molar-refractivity contribution is -0.158. The molecule has 10 heavy (non-hydrogen) atoms. The maximum absolute atomic E-state index is 4.82. The van der Waals surface area contributed by atoms with Gasteiger partial charge in [-0.3, -0.25) is 0 Å². The van der Waals surface area contributed by atoms with Gasteiger partial charge in [0.25, 0.3) is 0 Å². The minimum absolute atomic E-state index is 0.849. The van der Waals surface area contributed by atoms with Crippen molar-refractivity contribution in [3.05, 3.63) is 0 Å². The topological polar surface area (TPSA) is 18.5 Å². The first kappa shape index (κ1) is 8.95. The zero-order valence-electron chi connectivity index (χ0n) is 5.30. The largest absolute Gasteiger partial charge is 0.227 e. The molecule has 0 amide bonds. The molecule has 0 saturated carbocycles. The van der Waals surface area contributed by atoms with Gasteiger partial charge < -0.3 is 0 Å². The molecule has 0 bridgehead atoms. The molecule has 3 heteroatoms. The van der Waals surface area contributed by atoms with E-state index >= 15 is 0 Å². The van der Waals surface area contributed by atoms with Crippen molar-refractivity contribution in [2.75, 3.05) is 7.11 Å². The number of terminal acetylenes is 1. The van der Waals surface area contributed by atoms with E-state index < -0.39 is 0 Å². The average molecular weight is 152 g/mol. The fraction of sp³-hybridized carbons (Fsp3) is 0.143. The zero-order valence-corrected chi connectivity index (χ0v) is 6.12. The lowest BCUT2D eigenvalue weighted by Crippen LogP contribution is -1.71. The van der Waals surface area contributed by atoms with Crippen molar-refractivity contribution in [2.24, 2.45) is 0 Å². The monoisotopic (exact) mass is 152 g/mol. The Balaban J connectivity index is 3.43. The van der Waals surface area contributed by atoms with Crippen molar-refractivity contribution in [2.45, 2.75) is 0 Å². The molecule has 0 aromatic carbocycles. The summed E-state index contributed by atoms with van der Waals surface area (Å²) < 4.78 is 4.34. The SMILES string of the molecule is C#CC#CC#CSOOC. The van der Waals surface area contributed by atoms with Gasteiger partial charge in [-0.2, -0.15) is 0 Å². The van der Waals surface area contributed by atoms with Crippen LogP contribution in [0.5, 0.6) is 0 Å². The molecule has 0 spiro atoms. The van der Waals surface area contributed by atoms with Gasteiger partial charge in [-0.05, 0) is 17.8 Å². The highest BCUT2D eigenvalue weighted by molar-refractivity contribution is 7.99. The van der Waals surface area contributed by atoms with E-state index in [1.165, 1.54) is 7.11 Å². The highest BCUT2D eigenvalue weighted by Crippen LogP contribution is 1.96. The Morgan fingerprint density at radius 2 is 2.10 bits per heavy atom. The second-order valence-corrected chi connectivity index (χ2v) is 1.45. The summed E-state index contributed by atoms with van der Waals surface area (Å²) >= 11 is 0.849. The summed E-state index contributed by atoms with van der Waals surface area (Å²) in [6.45, 7) is 0. The van der Waals surface area contributed by atoms with Crippen LogP contribution in [0.4, 0.5) is 0 Å². The summed E-state index contributed by atoms with van der Waals surface area (Å²) in [4.78, 5) is 4.22. The molecule has 2 nitrogen and oxygen atoms in total. The molecule has 0 saturated heterocycles. The summed E-state index contributed by atoms with van der Waals surface area (Å²) in [5, 5.41) is 2.47. The van der Waals surface area contributed by atoms with Crippen LogP contribution in [0.3, 0.4) is 0 Å². The van der Waals surface area contributed by atoms with Crippen LogP contribution in [0.2, 0.25) is 0 Å². The highest BCUT2D eigenvalue weighted by Gasteiger charge is 1.73. The van der Waals surface area contributed by atoms with Gasteiger partial charge in [-0.1, -0.05) is 0 Å². The fourth-order valence-electron chi connectivity index (χ4n) is 0.165. The van der Waals surface area contributed by atoms with E-state index in [1.807, 2.05) is 0 Å². The van der Waals surface area contributed by atoms with Crippen LogP contribution in [0.1, 0.15) is 0 Å². The summed E-state index contributed by atoms with van der Waals surface area (Å²) in [6, 6.07) is 0. The molecular formula is C7H4O2S. The Kier molecular flexibility index (Phi) is 7.12. The van der Waals surface area contributed by atoms with Crippen LogP contribution >= 0.6 is 12.0 Å². The number of hydrogen-bond donors (Lipinski definition) is 0. The van der Waals surface area contributed by atoms with E-state index in [0.29, 0.717) is 0 Å². The predicted octanol–water partition coefficient (Wildman–Crippen LogP) is 0.810. The van der Waals surface area contributed by atoms with E-state index in [4.69, 9.17) is 6.42 Å². The first-order chi connectivity index (χ1) is 4.91. The molecule has 50 valence electrons. The van der Waals surface area contributed by atoms with Crippen LogP contribution in [-0.4, -0.2) is 7.11 Å². The molecule has 0 unspecified atom stereocenters. The normalized spacial score (nSPS) is 6.00. The molecule has 0 N–H and O–H groups in total. The van der Waals surface area contributed by atoms with Gasteiger partial charge in [0, 0.05) is 11.2 Å². The third kappa shape index (κ3) is 6.95. The lowest BCUT2D eigenvalue weighted by atomic mass is 10.6. The molecule has 0 fully saturated rings. The smallest absolute Gasteiger partial charge is 0.122 e. The summed E-state index contributed by atoms with van der Waals surface area (Å²) in [6.07, 6.45) is 4.82. The van der Waals surface area contributed by atoms with E-state index in [2.05, 4.69) is 38.2 Å². The molecule has 0 rings (SSSR count). The van der Waals surface area contributed by atoms with Crippen LogP contribution in [0.25, 0.3) is 0 Å². The molecule has 0 heterocycles. The number of rotatable bonds is 2. The number of hydrogen-bond acceptors (Lipinski definition) is 3. The molecule has 0 aliphatic rings. The highest BCUT2D eigenvalue weighted by atomic mass is 32.2. The molecular weight excluding hydrogens is 148 g/mol. The van der Waals surface area contributed by atoms with Gasteiger partial charge in [0.2, 0.25) is 0 Å².